The number of methoxy groups -OCH3 is 1. The number of nitrogens with zero attached hydrogens (tertiary/aromatic N) is 1. The zero-order valence-electron chi connectivity index (χ0n) is 12.2. The molecule has 0 aliphatic rings. The summed E-state index contributed by atoms with van der Waals surface area (Å²) in [4.78, 5) is 24.5. The first-order chi connectivity index (χ1) is 9.86. The quantitative estimate of drug-likeness (QED) is 0.433. The van der Waals surface area contributed by atoms with E-state index in [1.165, 1.54) is 24.1 Å². The summed E-state index contributed by atoms with van der Waals surface area (Å²) in [5, 5.41) is 6.00. The highest BCUT2D eigenvalue weighted by atomic mass is 35.5. The Hall–Kier alpha value is -2.15. The van der Waals surface area contributed by atoms with Gasteiger partial charge in [-0.15, -0.1) is 0 Å². The molecule has 0 saturated heterocycles. The van der Waals surface area contributed by atoms with Crippen LogP contribution < -0.4 is 16.4 Å². The van der Waals surface area contributed by atoms with Crippen molar-refractivity contribution in [2.24, 2.45) is 0 Å². The molecule has 7 nitrogen and oxygen atoms in total. The van der Waals surface area contributed by atoms with Gasteiger partial charge in [0.1, 0.15) is 0 Å². The number of nitrogen functional groups attached to an aromatic ring is 1. The fraction of sp³-hybridized carbons (Fsp3) is 0.385. The van der Waals surface area contributed by atoms with Crippen LogP contribution in [0.15, 0.2) is 12.1 Å². The molecule has 0 aliphatic carbocycles. The minimum absolute atomic E-state index is 0.201. The zero-order valence-corrected chi connectivity index (χ0v) is 13.0. The number of nitrogens with one attached hydrogen (secondary N) is 2. The number of ether oxygens (including phenoxy) is 1. The third-order valence-corrected chi connectivity index (χ3v) is 2.93. The lowest BCUT2D eigenvalue weighted by atomic mass is 10.1. The average Bonchev–Trinajstić information content (AvgIpc) is 2.43. The number of carbonyl (C=O) groups is 2. The van der Waals surface area contributed by atoms with Crippen molar-refractivity contribution < 1.29 is 14.3 Å². The van der Waals surface area contributed by atoms with E-state index < -0.39 is 5.97 Å². The molecule has 21 heavy (non-hydrogen) atoms. The van der Waals surface area contributed by atoms with E-state index in [0.29, 0.717) is 29.5 Å². The molecule has 0 bridgehead atoms. The van der Waals surface area contributed by atoms with Gasteiger partial charge in [0.2, 0.25) is 0 Å². The van der Waals surface area contributed by atoms with Crippen LogP contribution in [0.1, 0.15) is 10.4 Å². The maximum absolute atomic E-state index is 11.7. The van der Waals surface area contributed by atoms with Gasteiger partial charge < -0.3 is 26.0 Å². The number of rotatable bonds is 5. The predicted octanol–water partition coefficient (Wildman–Crippen LogP) is 1.39. The lowest BCUT2D eigenvalue weighted by Crippen LogP contribution is -2.37. The molecule has 2 amide bonds. The van der Waals surface area contributed by atoms with E-state index in [1.807, 2.05) is 0 Å². The van der Waals surface area contributed by atoms with Gasteiger partial charge in [-0.05, 0) is 12.1 Å². The molecule has 0 atom stereocenters. The second kappa shape index (κ2) is 7.58. The summed E-state index contributed by atoms with van der Waals surface area (Å²) < 4.78 is 4.69. The lowest BCUT2D eigenvalue weighted by Gasteiger charge is -2.15. The monoisotopic (exact) mass is 314 g/mol. The number of carbonyl (C=O) groups excluding carboxylic acids is 2. The number of halogens is 1. The van der Waals surface area contributed by atoms with E-state index >= 15 is 0 Å². The first-order valence-electron chi connectivity index (χ1n) is 6.23. The van der Waals surface area contributed by atoms with Gasteiger partial charge >= 0.3 is 12.0 Å². The number of hydrogen-bond acceptors (Lipinski definition) is 5. The van der Waals surface area contributed by atoms with Gasteiger partial charge in [0.15, 0.2) is 0 Å². The molecule has 1 aromatic rings. The van der Waals surface area contributed by atoms with Crippen LogP contribution in [-0.4, -0.2) is 51.2 Å². The Kier molecular flexibility index (Phi) is 6.10. The standard InChI is InChI=1S/C13H19ClN4O3/c1-18(2)13(20)17-5-4-16-11-9(12(19)21-3)6-8(15)7-10(11)14/h6-7,16H,4-5,15H2,1-3H3,(H,17,20). The van der Waals surface area contributed by atoms with E-state index in [1.54, 1.807) is 14.1 Å². The summed E-state index contributed by atoms with van der Waals surface area (Å²) in [6, 6.07) is 2.82. The number of amides is 2. The van der Waals surface area contributed by atoms with Crippen molar-refractivity contribution in [3.8, 4) is 0 Å². The smallest absolute Gasteiger partial charge is 0.340 e. The van der Waals surface area contributed by atoms with Crippen LogP contribution in [0.2, 0.25) is 5.02 Å². The first-order valence-corrected chi connectivity index (χ1v) is 6.61. The highest BCUT2D eigenvalue weighted by molar-refractivity contribution is 6.34. The van der Waals surface area contributed by atoms with Crippen molar-refractivity contribution in [1.82, 2.24) is 10.2 Å². The highest BCUT2D eigenvalue weighted by Gasteiger charge is 2.16. The second-order valence-corrected chi connectivity index (χ2v) is 4.88. The van der Waals surface area contributed by atoms with Crippen molar-refractivity contribution in [1.29, 1.82) is 0 Å². The van der Waals surface area contributed by atoms with Crippen LogP contribution >= 0.6 is 11.6 Å². The van der Waals surface area contributed by atoms with Crippen molar-refractivity contribution in [2.45, 2.75) is 0 Å². The van der Waals surface area contributed by atoms with Crippen molar-refractivity contribution in [3.63, 3.8) is 0 Å². The summed E-state index contributed by atoms with van der Waals surface area (Å²) in [6.45, 7) is 0.769. The van der Waals surface area contributed by atoms with Crippen LogP contribution in [0.5, 0.6) is 0 Å². The predicted molar refractivity (Wildman–Crippen MR) is 82.8 cm³/mol. The Bertz CT molecular complexity index is 534. The van der Waals surface area contributed by atoms with E-state index in [-0.39, 0.29) is 11.6 Å². The van der Waals surface area contributed by atoms with Crippen LogP contribution in [0.25, 0.3) is 0 Å². The molecule has 1 aromatic carbocycles. The number of nitrogens with two attached hydrogens (primary N) is 1. The largest absolute Gasteiger partial charge is 0.465 e. The van der Waals surface area contributed by atoms with Crippen molar-refractivity contribution in [2.75, 3.05) is 45.3 Å². The Balaban J connectivity index is 2.74. The minimum atomic E-state index is -0.538. The Morgan fingerprint density at radius 3 is 2.57 bits per heavy atom. The number of hydrogen-bond donors (Lipinski definition) is 3. The highest BCUT2D eigenvalue weighted by Crippen LogP contribution is 2.29. The summed E-state index contributed by atoms with van der Waals surface area (Å²) in [6.07, 6.45) is 0. The maximum atomic E-state index is 11.7. The molecular formula is C13H19ClN4O3. The maximum Gasteiger partial charge on any atom is 0.340 e. The summed E-state index contributed by atoms with van der Waals surface area (Å²) in [7, 11) is 4.57. The van der Waals surface area contributed by atoms with E-state index in [2.05, 4.69) is 10.6 Å². The average molecular weight is 315 g/mol. The zero-order chi connectivity index (χ0) is 16.0. The molecule has 116 valence electrons. The molecule has 0 aliphatic heterocycles. The SMILES string of the molecule is COC(=O)c1cc(N)cc(Cl)c1NCCNC(=O)N(C)C. The molecule has 0 spiro atoms. The topological polar surface area (TPSA) is 96.7 Å². The Morgan fingerprint density at radius 1 is 1.33 bits per heavy atom. The normalized spacial score (nSPS) is 9.90. The van der Waals surface area contributed by atoms with Gasteiger partial charge in [0.05, 0.1) is 23.4 Å². The number of urea groups is 1. The van der Waals surface area contributed by atoms with Gasteiger partial charge in [0, 0.05) is 32.9 Å². The van der Waals surface area contributed by atoms with Crippen LogP contribution in [0.3, 0.4) is 0 Å². The fourth-order valence-electron chi connectivity index (χ4n) is 1.59. The molecule has 0 radical (unpaired) electrons. The van der Waals surface area contributed by atoms with Gasteiger partial charge in [-0.1, -0.05) is 11.6 Å². The first kappa shape index (κ1) is 16.9. The Morgan fingerprint density at radius 2 is 2.00 bits per heavy atom. The van der Waals surface area contributed by atoms with Crippen LogP contribution in [0.4, 0.5) is 16.2 Å². The number of esters is 1. The third-order valence-electron chi connectivity index (χ3n) is 2.63. The van der Waals surface area contributed by atoms with Gasteiger partial charge in [-0.2, -0.15) is 0 Å². The van der Waals surface area contributed by atoms with Gasteiger partial charge in [-0.25, -0.2) is 9.59 Å². The molecule has 0 heterocycles. The molecule has 1 rings (SSSR count). The summed E-state index contributed by atoms with van der Waals surface area (Å²) in [5.74, 6) is -0.538. The van der Waals surface area contributed by atoms with Crippen LogP contribution in [0, 0.1) is 0 Å². The second-order valence-electron chi connectivity index (χ2n) is 4.47. The third kappa shape index (κ3) is 4.71. The molecular weight excluding hydrogens is 296 g/mol. The molecule has 8 heteroatoms. The summed E-state index contributed by atoms with van der Waals surface area (Å²) in [5.41, 5.74) is 6.71. The molecule has 0 saturated carbocycles. The minimum Gasteiger partial charge on any atom is -0.465 e. The number of anilines is 2. The van der Waals surface area contributed by atoms with Crippen LogP contribution in [-0.2, 0) is 4.74 Å². The van der Waals surface area contributed by atoms with Gasteiger partial charge in [-0.3, -0.25) is 0 Å². The summed E-state index contributed by atoms with van der Waals surface area (Å²) >= 11 is 6.08. The Labute approximate surface area is 128 Å². The molecule has 0 aromatic heterocycles. The fourth-order valence-corrected chi connectivity index (χ4v) is 1.89. The van der Waals surface area contributed by atoms with Crippen molar-refractivity contribution in [3.05, 3.63) is 22.7 Å². The lowest BCUT2D eigenvalue weighted by molar-refractivity contribution is 0.0602. The van der Waals surface area contributed by atoms with Gasteiger partial charge in [0.25, 0.3) is 0 Å². The molecule has 0 unspecified atom stereocenters. The van der Waals surface area contributed by atoms with E-state index in [9.17, 15) is 9.59 Å². The number of benzene rings is 1. The molecule has 0 fully saturated rings. The van der Waals surface area contributed by atoms with E-state index in [0.717, 1.165) is 0 Å². The van der Waals surface area contributed by atoms with E-state index in [4.69, 9.17) is 22.1 Å². The molecule has 4 N–H and O–H groups in total. The van der Waals surface area contributed by atoms with Crippen molar-refractivity contribution >= 4 is 35.0 Å².